The van der Waals surface area contributed by atoms with Crippen LogP contribution in [0, 0.1) is 10.1 Å². The highest BCUT2D eigenvalue weighted by Crippen LogP contribution is 2.17. The van der Waals surface area contributed by atoms with Crippen LogP contribution >= 0.6 is 0 Å². The largest absolute Gasteiger partial charge is 0.497 e. The summed E-state index contributed by atoms with van der Waals surface area (Å²) in [5.74, 6) is 0.658. The summed E-state index contributed by atoms with van der Waals surface area (Å²) in [4.78, 5) is 26.5. The SMILES string of the molecule is COc1cccc(C(=O)N2CC[NH+](Cc3ccccc3[N+](=O)[O-])CC2)c1. The molecule has 2 aromatic carbocycles. The summed E-state index contributed by atoms with van der Waals surface area (Å²) >= 11 is 0. The van der Waals surface area contributed by atoms with Crippen molar-refractivity contribution >= 4 is 11.6 Å². The Hall–Kier alpha value is -2.93. The van der Waals surface area contributed by atoms with E-state index in [0.717, 1.165) is 18.7 Å². The fourth-order valence-electron chi connectivity index (χ4n) is 3.25. The van der Waals surface area contributed by atoms with E-state index >= 15 is 0 Å². The predicted octanol–water partition coefficient (Wildman–Crippen LogP) is 1.14. The van der Waals surface area contributed by atoms with Gasteiger partial charge in [-0.2, -0.15) is 0 Å². The molecule has 1 fully saturated rings. The summed E-state index contributed by atoms with van der Waals surface area (Å²) in [6.45, 7) is 3.39. The molecule has 0 unspecified atom stereocenters. The molecule has 26 heavy (non-hydrogen) atoms. The number of amides is 1. The first-order valence-corrected chi connectivity index (χ1v) is 8.57. The van der Waals surface area contributed by atoms with Crippen molar-refractivity contribution in [1.29, 1.82) is 0 Å². The molecule has 7 heteroatoms. The number of carbonyl (C=O) groups excluding carboxylic acids is 1. The normalized spacial score (nSPS) is 14.9. The van der Waals surface area contributed by atoms with Gasteiger partial charge in [0.1, 0.15) is 12.3 Å². The average Bonchev–Trinajstić information content (AvgIpc) is 2.68. The van der Waals surface area contributed by atoms with Gasteiger partial charge in [-0.05, 0) is 24.3 Å². The Balaban J connectivity index is 1.61. The molecule has 136 valence electrons. The molecule has 0 atom stereocenters. The standard InChI is InChI=1S/C19H21N3O4/c1-26-17-7-4-6-15(13-17)19(23)21-11-9-20(10-12-21)14-16-5-2-3-8-18(16)22(24)25/h2-8,13H,9-12,14H2,1H3/p+1. The number of benzene rings is 2. The van der Waals surface area contributed by atoms with Crippen LogP contribution in [0.25, 0.3) is 0 Å². The van der Waals surface area contributed by atoms with Crippen LogP contribution in [0.4, 0.5) is 5.69 Å². The zero-order valence-electron chi connectivity index (χ0n) is 14.7. The van der Waals surface area contributed by atoms with Crippen molar-refractivity contribution in [2.75, 3.05) is 33.3 Å². The van der Waals surface area contributed by atoms with Crippen LogP contribution in [0.3, 0.4) is 0 Å². The van der Waals surface area contributed by atoms with Crippen molar-refractivity contribution in [3.8, 4) is 5.75 Å². The van der Waals surface area contributed by atoms with Crippen molar-refractivity contribution in [2.24, 2.45) is 0 Å². The highest BCUT2D eigenvalue weighted by Gasteiger charge is 2.26. The maximum Gasteiger partial charge on any atom is 0.278 e. The second-order valence-corrected chi connectivity index (χ2v) is 6.34. The Bertz CT molecular complexity index is 801. The average molecular weight is 356 g/mol. The third-order valence-electron chi connectivity index (χ3n) is 4.70. The number of nitrogens with zero attached hydrogens (tertiary/aromatic N) is 2. The van der Waals surface area contributed by atoms with Gasteiger partial charge in [0, 0.05) is 11.6 Å². The van der Waals surface area contributed by atoms with Crippen LogP contribution in [0.1, 0.15) is 15.9 Å². The summed E-state index contributed by atoms with van der Waals surface area (Å²) in [7, 11) is 1.58. The number of nitro groups is 1. The lowest BCUT2D eigenvalue weighted by Gasteiger charge is -2.32. The van der Waals surface area contributed by atoms with Crippen molar-refractivity contribution in [3.63, 3.8) is 0 Å². The fraction of sp³-hybridized carbons (Fsp3) is 0.316. The molecule has 0 aromatic heterocycles. The van der Waals surface area contributed by atoms with E-state index in [2.05, 4.69) is 0 Å². The highest BCUT2D eigenvalue weighted by atomic mass is 16.6. The minimum atomic E-state index is -0.336. The molecular formula is C19H22N3O4+. The predicted molar refractivity (Wildman–Crippen MR) is 96.4 cm³/mol. The summed E-state index contributed by atoms with van der Waals surface area (Å²) in [5, 5.41) is 11.1. The number of piperazine rings is 1. The molecule has 1 amide bonds. The molecule has 1 saturated heterocycles. The molecule has 1 heterocycles. The molecule has 0 radical (unpaired) electrons. The number of para-hydroxylation sites is 1. The number of methoxy groups -OCH3 is 1. The first-order valence-electron chi connectivity index (χ1n) is 8.57. The Kier molecular flexibility index (Phi) is 5.48. The summed E-state index contributed by atoms with van der Waals surface area (Å²) < 4.78 is 5.18. The van der Waals surface area contributed by atoms with Gasteiger partial charge in [0.2, 0.25) is 0 Å². The fourth-order valence-corrected chi connectivity index (χ4v) is 3.25. The zero-order chi connectivity index (χ0) is 18.5. The number of hydrogen-bond acceptors (Lipinski definition) is 4. The van der Waals surface area contributed by atoms with Gasteiger partial charge in [-0.15, -0.1) is 0 Å². The maximum atomic E-state index is 12.6. The Morgan fingerprint density at radius 3 is 2.62 bits per heavy atom. The van der Waals surface area contributed by atoms with E-state index in [1.807, 2.05) is 23.1 Å². The number of rotatable bonds is 5. The van der Waals surface area contributed by atoms with Crippen LogP contribution < -0.4 is 9.64 Å². The number of carbonyl (C=O) groups is 1. The molecule has 0 bridgehead atoms. The van der Waals surface area contributed by atoms with Gasteiger partial charge in [-0.1, -0.05) is 18.2 Å². The van der Waals surface area contributed by atoms with Crippen LogP contribution in [0.5, 0.6) is 5.75 Å². The molecule has 3 rings (SSSR count). The Morgan fingerprint density at radius 1 is 1.19 bits per heavy atom. The van der Waals surface area contributed by atoms with E-state index in [4.69, 9.17) is 4.74 Å². The molecule has 0 saturated carbocycles. The lowest BCUT2D eigenvalue weighted by molar-refractivity contribution is -0.917. The quantitative estimate of drug-likeness (QED) is 0.644. The van der Waals surface area contributed by atoms with Gasteiger partial charge in [0.15, 0.2) is 0 Å². The van der Waals surface area contributed by atoms with Crippen LogP contribution in [-0.2, 0) is 6.54 Å². The van der Waals surface area contributed by atoms with E-state index in [1.165, 1.54) is 11.0 Å². The van der Waals surface area contributed by atoms with Crippen molar-refractivity contribution in [2.45, 2.75) is 6.54 Å². The van der Waals surface area contributed by atoms with E-state index in [9.17, 15) is 14.9 Å². The highest BCUT2D eigenvalue weighted by molar-refractivity contribution is 5.94. The van der Waals surface area contributed by atoms with Gasteiger partial charge in [0.25, 0.3) is 11.6 Å². The minimum Gasteiger partial charge on any atom is -0.497 e. The van der Waals surface area contributed by atoms with Gasteiger partial charge in [0.05, 0.1) is 43.8 Å². The molecule has 7 nitrogen and oxygen atoms in total. The van der Waals surface area contributed by atoms with Gasteiger partial charge in [-0.3, -0.25) is 14.9 Å². The monoisotopic (exact) mass is 356 g/mol. The van der Waals surface area contributed by atoms with E-state index in [-0.39, 0.29) is 16.5 Å². The van der Waals surface area contributed by atoms with Crippen molar-refractivity contribution in [3.05, 3.63) is 69.8 Å². The summed E-state index contributed by atoms with van der Waals surface area (Å²) in [5.41, 5.74) is 1.52. The molecule has 1 aliphatic heterocycles. The summed E-state index contributed by atoms with van der Waals surface area (Å²) in [6, 6.07) is 14.0. The molecule has 1 aliphatic rings. The minimum absolute atomic E-state index is 0.00589. The van der Waals surface area contributed by atoms with Gasteiger partial charge < -0.3 is 14.5 Å². The topological polar surface area (TPSA) is 77.1 Å². The lowest BCUT2D eigenvalue weighted by atomic mass is 10.1. The third-order valence-corrected chi connectivity index (χ3v) is 4.70. The number of nitrogens with one attached hydrogen (secondary N) is 1. The second kappa shape index (κ2) is 7.97. The van der Waals surface area contributed by atoms with E-state index < -0.39 is 0 Å². The van der Waals surface area contributed by atoms with Crippen LogP contribution in [0.15, 0.2) is 48.5 Å². The Morgan fingerprint density at radius 2 is 1.92 bits per heavy atom. The van der Waals surface area contributed by atoms with Crippen molar-refractivity contribution < 1.29 is 19.4 Å². The molecule has 2 aromatic rings. The third kappa shape index (κ3) is 4.00. The zero-order valence-corrected chi connectivity index (χ0v) is 14.7. The van der Waals surface area contributed by atoms with Crippen LogP contribution in [0.2, 0.25) is 0 Å². The molecule has 0 aliphatic carbocycles. The first kappa shape index (κ1) is 17.9. The van der Waals surface area contributed by atoms with E-state index in [1.54, 1.807) is 31.4 Å². The maximum absolute atomic E-state index is 12.6. The van der Waals surface area contributed by atoms with Gasteiger partial charge in [-0.25, -0.2) is 0 Å². The second-order valence-electron chi connectivity index (χ2n) is 6.34. The number of nitro benzene ring substituents is 1. The number of ether oxygens (including phenoxy) is 1. The summed E-state index contributed by atoms with van der Waals surface area (Å²) in [6.07, 6.45) is 0. The number of hydrogen-bond donors (Lipinski definition) is 1. The first-order chi connectivity index (χ1) is 12.6. The molecule has 0 spiro atoms. The smallest absolute Gasteiger partial charge is 0.278 e. The lowest BCUT2D eigenvalue weighted by Crippen LogP contribution is -3.13. The van der Waals surface area contributed by atoms with Crippen LogP contribution in [-0.4, -0.2) is 49.0 Å². The van der Waals surface area contributed by atoms with Gasteiger partial charge >= 0.3 is 0 Å². The Labute approximate surface area is 151 Å². The molecule has 1 N–H and O–H groups in total. The number of quaternary nitrogens is 1. The molecular weight excluding hydrogens is 334 g/mol. The van der Waals surface area contributed by atoms with E-state index in [0.29, 0.717) is 30.9 Å². The van der Waals surface area contributed by atoms with Crippen molar-refractivity contribution in [1.82, 2.24) is 4.90 Å².